The number of hydrogen-bond acceptors (Lipinski definition) is 45. The highest BCUT2D eigenvalue weighted by Gasteiger charge is 2.60. The lowest BCUT2D eigenvalue weighted by Gasteiger charge is -2.51. The average molecular weight is 1670 g/mol. The molecule has 0 aromatic rings. The molecule has 8 rings (SSSR count). The molecule has 5 amide bonds. The quantitative estimate of drug-likeness (QED) is 0.0290. The minimum absolute atomic E-state index is 0.852. The number of ether oxygens (including phenoxy) is 16. The Morgan fingerprint density at radius 2 is 0.693 bits per heavy atom. The Morgan fingerprint density at radius 1 is 0.325 bits per heavy atom. The molecule has 8 fully saturated rings. The van der Waals surface area contributed by atoms with Crippen molar-refractivity contribution in [2.24, 2.45) is 0 Å². The number of nitrogens with one attached hydrogen (secondary N) is 5. The molecule has 8 saturated heterocycles. The summed E-state index contributed by atoms with van der Waals surface area (Å²) in [7, 11) is 0. The highest BCUT2D eigenvalue weighted by Crippen LogP contribution is 2.39. The minimum atomic E-state index is -2.60. The van der Waals surface area contributed by atoms with E-state index in [1.54, 1.807) is 0 Å². The molecule has 8 aliphatic heterocycles. The summed E-state index contributed by atoms with van der Waals surface area (Å²) >= 11 is 0. The van der Waals surface area contributed by atoms with Gasteiger partial charge in [-0.3, -0.25) is 24.0 Å². The number of aliphatic hydroxyl groups is 24. The number of amides is 5. The van der Waals surface area contributed by atoms with Crippen LogP contribution in [0.5, 0.6) is 0 Å². The van der Waals surface area contributed by atoms with E-state index in [0.29, 0.717) is 0 Å². The summed E-state index contributed by atoms with van der Waals surface area (Å²) < 4.78 is 95.7. The molecule has 0 radical (unpaired) electrons. The first-order valence-corrected chi connectivity index (χ1v) is 36.4. The van der Waals surface area contributed by atoms with Gasteiger partial charge in [0.05, 0.1) is 71.6 Å². The molecule has 0 aromatic carbocycles. The van der Waals surface area contributed by atoms with Gasteiger partial charge in [0.1, 0.15) is 207 Å². The molecule has 0 saturated carbocycles. The van der Waals surface area contributed by atoms with Crippen LogP contribution >= 0.6 is 0 Å². The van der Waals surface area contributed by atoms with E-state index in [9.17, 15) is 147 Å². The second-order valence-corrected chi connectivity index (χ2v) is 28.7. The highest BCUT2D eigenvalue weighted by atomic mass is 16.8. The summed E-state index contributed by atoms with van der Waals surface area (Å²) in [5.41, 5.74) is 0. The van der Waals surface area contributed by atoms with Crippen molar-refractivity contribution in [3.63, 3.8) is 0 Å². The van der Waals surface area contributed by atoms with E-state index in [0.717, 1.165) is 34.6 Å². The van der Waals surface area contributed by atoms with Crippen LogP contribution in [0.25, 0.3) is 0 Å². The van der Waals surface area contributed by atoms with Crippen LogP contribution in [-0.2, 0) is 99.8 Å². The first kappa shape index (κ1) is 95.2. The molecule has 114 heavy (non-hydrogen) atoms. The zero-order valence-corrected chi connectivity index (χ0v) is 62.1. The Hall–Kier alpha value is -4.25. The van der Waals surface area contributed by atoms with Crippen molar-refractivity contribution in [1.29, 1.82) is 0 Å². The number of rotatable bonds is 33. The van der Waals surface area contributed by atoms with Crippen LogP contribution in [0.3, 0.4) is 0 Å². The first-order chi connectivity index (χ1) is 53.8. The van der Waals surface area contributed by atoms with Crippen molar-refractivity contribution in [2.75, 3.05) is 59.5 Å². The molecule has 44 atom stereocenters. The van der Waals surface area contributed by atoms with Gasteiger partial charge >= 0.3 is 0 Å². The zero-order chi connectivity index (χ0) is 84.5. The van der Waals surface area contributed by atoms with E-state index in [1.165, 1.54) is 6.92 Å². The fraction of sp³-hybridized carbons (Fsp3) is 0.922. The maximum absolute atomic E-state index is 13.2. The fourth-order valence-corrected chi connectivity index (χ4v) is 14.3. The van der Waals surface area contributed by atoms with Gasteiger partial charge in [0.15, 0.2) is 50.3 Å². The maximum atomic E-state index is 13.2. The van der Waals surface area contributed by atoms with Crippen LogP contribution in [0.2, 0.25) is 0 Å². The summed E-state index contributed by atoms with van der Waals surface area (Å²) in [4.78, 5) is 63.3. The van der Waals surface area contributed by atoms with Crippen molar-refractivity contribution in [3.05, 3.63) is 0 Å². The molecule has 8 heterocycles. The maximum Gasteiger partial charge on any atom is 0.217 e. The molecule has 50 heteroatoms. The number of hydrogen-bond donors (Lipinski definition) is 29. The Morgan fingerprint density at radius 3 is 1.12 bits per heavy atom. The van der Waals surface area contributed by atoms with Crippen LogP contribution in [-0.4, -0.2) is 481 Å². The van der Waals surface area contributed by atoms with Gasteiger partial charge in [-0.1, -0.05) is 0 Å². The van der Waals surface area contributed by atoms with E-state index in [4.69, 9.17) is 75.8 Å². The molecule has 50 nitrogen and oxygen atoms in total. The minimum Gasteiger partial charge on any atom is -0.394 e. The van der Waals surface area contributed by atoms with Crippen molar-refractivity contribution >= 4 is 29.5 Å². The van der Waals surface area contributed by atoms with Crippen LogP contribution in [0.1, 0.15) is 41.5 Å². The second kappa shape index (κ2) is 42.3. The zero-order valence-electron chi connectivity index (χ0n) is 62.1. The molecule has 29 N–H and O–H groups in total. The third kappa shape index (κ3) is 22.1. The molecule has 0 aromatic heterocycles. The van der Waals surface area contributed by atoms with Gasteiger partial charge in [-0.25, -0.2) is 0 Å². The molecular formula is C64H109N5O45. The van der Waals surface area contributed by atoms with E-state index < -0.39 is 359 Å². The summed E-state index contributed by atoms with van der Waals surface area (Å²) in [6.07, 6.45) is -81.5. The van der Waals surface area contributed by atoms with Gasteiger partial charge in [0.25, 0.3) is 0 Å². The smallest absolute Gasteiger partial charge is 0.217 e. The second-order valence-electron chi connectivity index (χ2n) is 28.7. The van der Waals surface area contributed by atoms with E-state index >= 15 is 0 Å². The standard InChI is InChI=1S/C64H109N5O45/c1-16-35(83)46(94)48(96)61(101-16)99-14-23(82)51(36(84)22(7-70)65-17(2)77)109-60-34(69-21(6)81)45(93)52(28(12-75)106-60)111-62-50(98)54(112-64-55(47(95)40(88)27(11-74)105-64)113-58-32(67-19(4)79)43(91)38(86)25(9-72)103-58)41(89)30(108-62)15-100-63-56(114-59-33(68-20(5)80)44(92)39(87)26(10-73)104-59)49(97)53(29(13-76)107-63)110-57-31(66-18(3)78)42(90)37(85)24(8-71)102-57/h16,22-64,70-76,82-98H,7-15H2,1-6H3,(H,65,77)(H,66,78)(H,67,79)(H,68,80)(H,69,81)/t16-,22-,23+,24+,25+,26+,27+,28+,29+,30+,31+,32+,33+,34+,35+,36+,37+,38+,39+,40+,41+,42+,43+,44+,45+,46+,47-,48-,49-,50-,51+,52+,53+,54-,55-,56-,57-,58-,59-,60-,61+,62-,63-,64+/m0/s1. The fourth-order valence-electron chi connectivity index (χ4n) is 14.3. The molecule has 0 spiro atoms. The summed E-state index contributed by atoms with van der Waals surface area (Å²) in [5.74, 6) is -4.52. The number of aliphatic hydroxyl groups excluding tert-OH is 24. The third-order valence-electron chi connectivity index (χ3n) is 20.4. The van der Waals surface area contributed by atoms with Gasteiger partial charge in [0, 0.05) is 34.6 Å². The Bertz CT molecular complexity index is 3030. The average Bonchev–Trinajstić information content (AvgIpc) is 0.767. The number of carbonyl (C=O) groups is 5. The molecule has 0 unspecified atom stereocenters. The lowest BCUT2D eigenvalue weighted by molar-refractivity contribution is -0.397. The topological polar surface area (TPSA) is 779 Å². The molecule has 0 aliphatic carbocycles. The van der Waals surface area contributed by atoms with Crippen molar-refractivity contribution in [2.45, 2.75) is 311 Å². The SMILES string of the molecule is CC(=O)N[C@H]1[C@H](O[C@@H]([C@H](O)[C@H](CO)NC(C)=O)[C@H](O)CO[C@@H]2O[C@@H](C)[C@@H](O)[C@@H](O)[C@@H]2O)O[C@H](CO)[C@@H](O[C@@H]2O[C@H](CO[C@H]3O[C@H](CO)[C@@H](O[C@@H]4O[C@H](CO)[C@@H](O)[C@H](O)[C@H]4NC(C)=O)[C@H](O)[C@@H]3O[C@@H]3O[C@H](CO)[C@@H](O)[C@H](O)[C@H]3NC(C)=O)[C@@H](O)[C@H](O[C@H]3O[C@H](CO)[C@@H](O)[C@H](O)[C@@H]3O[C@@H]3O[C@H](CO)[C@@H](O)[C@H](O)[C@H]3NC(C)=O)[C@@H]2O)[C@@H]1O. The van der Waals surface area contributed by atoms with Crippen molar-refractivity contribution in [1.82, 2.24) is 26.6 Å². The molecule has 660 valence electrons. The third-order valence-corrected chi connectivity index (χ3v) is 20.4. The largest absolute Gasteiger partial charge is 0.394 e. The van der Waals surface area contributed by atoms with Gasteiger partial charge in [-0.2, -0.15) is 0 Å². The van der Waals surface area contributed by atoms with Crippen LogP contribution in [0.4, 0.5) is 0 Å². The normalized spacial score (nSPS) is 45.3. The monoisotopic (exact) mass is 1670 g/mol. The van der Waals surface area contributed by atoms with E-state index in [2.05, 4.69) is 26.6 Å². The van der Waals surface area contributed by atoms with Crippen LogP contribution in [0.15, 0.2) is 0 Å². The van der Waals surface area contributed by atoms with Crippen LogP contribution < -0.4 is 26.6 Å². The lowest BCUT2D eigenvalue weighted by Crippen LogP contribution is -2.70. The molecule has 0 bridgehead atoms. The molecular weight excluding hydrogens is 1560 g/mol. The van der Waals surface area contributed by atoms with Gasteiger partial charge in [0.2, 0.25) is 29.5 Å². The first-order valence-electron chi connectivity index (χ1n) is 36.4. The van der Waals surface area contributed by atoms with E-state index in [-0.39, 0.29) is 0 Å². The summed E-state index contributed by atoms with van der Waals surface area (Å²) in [5, 5.41) is 280. The Balaban J connectivity index is 1.19. The Kier molecular flexibility index (Phi) is 35.3. The lowest BCUT2D eigenvalue weighted by atomic mass is 9.94. The van der Waals surface area contributed by atoms with Crippen LogP contribution in [0, 0.1) is 0 Å². The number of carbonyl (C=O) groups excluding carboxylic acids is 5. The van der Waals surface area contributed by atoms with Gasteiger partial charge < -0.3 is 225 Å². The highest BCUT2D eigenvalue weighted by molar-refractivity contribution is 5.75. The predicted octanol–water partition coefficient (Wildman–Crippen LogP) is -19.2. The summed E-state index contributed by atoms with van der Waals surface area (Å²) in [6.45, 7) is -4.04. The van der Waals surface area contributed by atoms with Crippen molar-refractivity contribution in [3.8, 4) is 0 Å². The predicted molar refractivity (Wildman–Crippen MR) is 356 cm³/mol. The molecule has 8 aliphatic rings. The van der Waals surface area contributed by atoms with Gasteiger partial charge in [-0.05, 0) is 6.92 Å². The van der Waals surface area contributed by atoms with E-state index in [1.807, 2.05) is 0 Å². The van der Waals surface area contributed by atoms with Gasteiger partial charge in [-0.15, -0.1) is 0 Å². The van der Waals surface area contributed by atoms with Crippen molar-refractivity contribution < 1.29 is 222 Å². The Labute approximate surface area is 647 Å². The summed E-state index contributed by atoms with van der Waals surface area (Å²) in [6, 6.07) is -9.21.